The average molecular weight is 285 g/mol. The van der Waals surface area contributed by atoms with Crippen LogP contribution in [0.4, 0.5) is 0 Å². The van der Waals surface area contributed by atoms with E-state index in [1.807, 2.05) is 6.07 Å². The van der Waals surface area contributed by atoms with E-state index in [0.717, 1.165) is 0 Å². The van der Waals surface area contributed by atoms with Gasteiger partial charge in [0, 0.05) is 10.9 Å². The largest absolute Gasteiger partial charge is 0.422 e. The minimum Gasteiger partial charge on any atom is -0.422 e. The van der Waals surface area contributed by atoms with E-state index in [2.05, 4.69) is 0 Å². The summed E-state index contributed by atoms with van der Waals surface area (Å²) < 4.78 is 5.16. The topological polar surface area (TPSA) is 47.3 Å². The van der Waals surface area contributed by atoms with Gasteiger partial charge in [0.15, 0.2) is 0 Å². The Morgan fingerprint density at radius 2 is 1.65 bits per heavy atom. The summed E-state index contributed by atoms with van der Waals surface area (Å²) in [5.74, 6) is -0.435. The minimum atomic E-state index is -0.659. The van der Waals surface area contributed by atoms with Gasteiger partial charge in [-0.25, -0.2) is 4.79 Å². The van der Waals surface area contributed by atoms with E-state index in [1.165, 1.54) is 6.07 Å². The van der Waals surface area contributed by atoms with Gasteiger partial charge in [0.1, 0.15) is 11.1 Å². The molecule has 0 radical (unpaired) electrons. The van der Waals surface area contributed by atoms with Crippen LogP contribution in [0, 0.1) is 0 Å². The number of benzene rings is 2. The zero-order chi connectivity index (χ0) is 14.1. The van der Waals surface area contributed by atoms with E-state index in [9.17, 15) is 9.59 Å². The Kier molecular flexibility index (Phi) is 3.12. The second kappa shape index (κ2) is 4.94. The van der Waals surface area contributed by atoms with Crippen LogP contribution in [-0.4, -0.2) is 5.78 Å². The summed E-state index contributed by atoms with van der Waals surface area (Å²) in [6.07, 6.45) is 0. The van der Waals surface area contributed by atoms with Crippen LogP contribution < -0.4 is 5.63 Å². The second-order valence-corrected chi connectivity index (χ2v) is 4.70. The van der Waals surface area contributed by atoms with Crippen LogP contribution in [0.2, 0.25) is 5.02 Å². The Morgan fingerprint density at radius 3 is 2.45 bits per heavy atom. The van der Waals surface area contributed by atoms with Crippen molar-refractivity contribution in [2.24, 2.45) is 0 Å². The van der Waals surface area contributed by atoms with Crippen LogP contribution in [0.5, 0.6) is 0 Å². The van der Waals surface area contributed by atoms with Gasteiger partial charge in [0.05, 0.1) is 5.02 Å². The quantitative estimate of drug-likeness (QED) is 0.533. The van der Waals surface area contributed by atoms with E-state index in [4.69, 9.17) is 16.0 Å². The lowest BCUT2D eigenvalue weighted by Gasteiger charge is -2.03. The van der Waals surface area contributed by atoms with Crippen molar-refractivity contribution < 1.29 is 9.21 Å². The van der Waals surface area contributed by atoms with Gasteiger partial charge in [0.25, 0.3) is 0 Å². The molecular weight excluding hydrogens is 276 g/mol. The Balaban J connectivity index is 2.20. The average Bonchev–Trinajstić information content (AvgIpc) is 2.46. The molecule has 0 atom stereocenters. The first-order valence-corrected chi connectivity index (χ1v) is 6.37. The van der Waals surface area contributed by atoms with Gasteiger partial charge in [-0.2, -0.15) is 0 Å². The summed E-state index contributed by atoms with van der Waals surface area (Å²) >= 11 is 5.99. The molecule has 0 aliphatic heterocycles. The zero-order valence-electron chi connectivity index (χ0n) is 10.3. The van der Waals surface area contributed by atoms with E-state index in [0.29, 0.717) is 16.0 Å². The van der Waals surface area contributed by atoms with Crippen molar-refractivity contribution in [1.82, 2.24) is 0 Å². The molecule has 1 aromatic heterocycles. The highest BCUT2D eigenvalue weighted by Gasteiger charge is 2.17. The van der Waals surface area contributed by atoms with Crippen LogP contribution in [0.15, 0.2) is 63.8 Å². The predicted octanol–water partition coefficient (Wildman–Crippen LogP) is 3.68. The third-order valence-corrected chi connectivity index (χ3v) is 3.33. The Bertz CT molecular complexity index is 865. The number of ketones is 1. The van der Waals surface area contributed by atoms with Gasteiger partial charge in [-0.1, -0.05) is 41.9 Å². The molecule has 3 nitrogen and oxygen atoms in total. The molecule has 3 rings (SSSR count). The van der Waals surface area contributed by atoms with Crippen molar-refractivity contribution in [3.63, 3.8) is 0 Å². The van der Waals surface area contributed by atoms with E-state index in [1.54, 1.807) is 42.5 Å². The fraction of sp³-hybridized carbons (Fsp3) is 0. The van der Waals surface area contributed by atoms with Gasteiger partial charge < -0.3 is 4.42 Å². The number of para-hydroxylation sites is 1. The predicted molar refractivity (Wildman–Crippen MR) is 77.4 cm³/mol. The SMILES string of the molecule is O=C(c1ccccc1Cl)c1cc2ccccc2oc1=O. The van der Waals surface area contributed by atoms with Crippen LogP contribution >= 0.6 is 11.6 Å². The molecule has 0 saturated heterocycles. The number of fused-ring (bicyclic) bond motifs is 1. The highest BCUT2D eigenvalue weighted by Crippen LogP contribution is 2.20. The number of hydrogen-bond donors (Lipinski definition) is 0. The Labute approximate surface area is 119 Å². The summed E-state index contributed by atoms with van der Waals surface area (Å²) in [4.78, 5) is 24.3. The maximum atomic E-state index is 12.4. The molecule has 0 amide bonds. The molecular formula is C16H9ClO3. The second-order valence-electron chi connectivity index (χ2n) is 4.29. The summed E-state index contributed by atoms with van der Waals surface area (Å²) in [6, 6.07) is 15.2. The maximum Gasteiger partial charge on any atom is 0.347 e. The van der Waals surface area contributed by atoms with Crippen molar-refractivity contribution >= 4 is 28.4 Å². The lowest BCUT2D eigenvalue weighted by molar-refractivity contribution is 0.103. The van der Waals surface area contributed by atoms with Crippen LogP contribution in [-0.2, 0) is 0 Å². The molecule has 1 heterocycles. The monoisotopic (exact) mass is 284 g/mol. The number of halogens is 1. The minimum absolute atomic E-state index is 0.0169. The van der Waals surface area contributed by atoms with Gasteiger partial charge in [-0.05, 0) is 24.3 Å². The first-order valence-electron chi connectivity index (χ1n) is 5.99. The number of carbonyl (C=O) groups excluding carboxylic acids is 1. The number of rotatable bonds is 2. The third kappa shape index (κ3) is 2.12. The van der Waals surface area contributed by atoms with Crippen molar-refractivity contribution in [1.29, 1.82) is 0 Å². The highest BCUT2D eigenvalue weighted by molar-refractivity contribution is 6.35. The van der Waals surface area contributed by atoms with Gasteiger partial charge in [-0.15, -0.1) is 0 Å². The van der Waals surface area contributed by atoms with Crippen LogP contribution in [0.1, 0.15) is 15.9 Å². The first kappa shape index (κ1) is 12.6. The third-order valence-electron chi connectivity index (χ3n) is 3.00. The molecule has 3 aromatic rings. The van der Waals surface area contributed by atoms with Gasteiger partial charge in [0.2, 0.25) is 5.78 Å². The van der Waals surface area contributed by atoms with Crippen molar-refractivity contribution in [2.75, 3.05) is 0 Å². The van der Waals surface area contributed by atoms with E-state index >= 15 is 0 Å². The highest BCUT2D eigenvalue weighted by atomic mass is 35.5. The van der Waals surface area contributed by atoms with Crippen LogP contribution in [0.25, 0.3) is 11.0 Å². The molecule has 20 heavy (non-hydrogen) atoms. The Hall–Kier alpha value is -2.39. The number of hydrogen-bond acceptors (Lipinski definition) is 3. The summed E-state index contributed by atoms with van der Waals surface area (Å²) in [5.41, 5.74) is 0.0652. The number of carbonyl (C=O) groups is 1. The first-order chi connectivity index (χ1) is 9.66. The normalized spacial score (nSPS) is 10.7. The molecule has 0 saturated carbocycles. The lowest BCUT2D eigenvalue weighted by atomic mass is 10.0. The maximum absolute atomic E-state index is 12.4. The molecule has 2 aromatic carbocycles. The van der Waals surface area contributed by atoms with E-state index < -0.39 is 11.4 Å². The molecule has 0 unspecified atom stereocenters. The molecule has 4 heteroatoms. The summed E-state index contributed by atoms with van der Waals surface area (Å²) in [7, 11) is 0. The molecule has 98 valence electrons. The summed E-state index contributed by atoms with van der Waals surface area (Å²) in [6.45, 7) is 0. The smallest absolute Gasteiger partial charge is 0.347 e. The Morgan fingerprint density at radius 1 is 0.950 bits per heavy atom. The molecule has 0 bridgehead atoms. The zero-order valence-corrected chi connectivity index (χ0v) is 11.1. The van der Waals surface area contributed by atoms with E-state index in [-0.39, 0.29) is 11.1 Å². The fourth-order valence-corrected chi connectivity index (χ4v) is 2.23. The van der Waals surface area contributed by atoms with Crippen molar-refractivity contribution in [3.8, 4) is 0 Å². The molecule has 0 aliphatic rings. The molecule has 0 spiro atoms. The lowest BCUT2D eigenvalue weighted by Crippen LogP contribution is -2.15. The van der Waals surface area contributed by atoms with Crippen molar-refractivity contribution in [3.05, 3.63) is 81.2 Å². The molecule has 0 aliphatic carbocycles. The van der Waals surface area contributed by atoms with Crippen LogP contribution in [0.3, 0.4) is 0 Å². The fourth-order valence-electron chi connectivity index (χ4n) is 2.01. The molecule has 0 N–H and O–H groups in total. The molecule has 0 fully saturated rings. The summed E-state index contributed by atoms with van der Waals surface area (Å²) in [5, 5.41) is 1.01. The standard InChI is InChI=1S/C16H9ClO3/c17-13-7-3-2-6-11(13)15(18)12-9-10-5-1-4-8-14(10)20-16(12)19/h1-9H. The van der Waals surface area contributed by atoms with Gasteiger partial charge in [-0.3, -0.25) is 4.79 Å². The van der Waals surface area contributed by atoms with Crippen molar-refractivity contribution in [2.45, 2.75) is 0 Å². The van der Waals surface area contributed by atoms with Gasteiger partial charge >= 0.3 is 5.63 Å².